The highest BCUT2D eigenvalue weighted by atomic mass is 19.4. The molecule has 3 nitrogen and oxygen atoms in total. The first kappa shape index (κ1) is 15.4. The van der Waals surface area contributed by atoms with Crippen LogP contribution in [0.25, 0.3) is 11.1 Å². The predicted octanol–water partition coefficient (Wildman–Crippen LogP) is 4.34. The average Bonchev–Trinajstić information content (AvgIpc) is 2.82. The summed E-state index contributed by atoms with van der Waals surface area (Å²) in [5.74, 6) is 0.428. The van der Waals surface area contributed by atoms with Crippen molar-refractivity contribution in [3.05, 3.63) is 42.4 Å². The van der Waals surface area contributed by atoms with Crippen molar-refractivity contribution in [1.82, 2.24) is 5.32 Å². The van der Waals surface area contributed by atoms with Crippen LogP contribution < -0.4 is 10.1 Å². The van der Waals surface area contributed by atoms with Gasteiger partial charge in [-0.05, 0) is 23.8 Å². The van der Waals surface area contributed by atoms with E-state index in [1.54, 1.807) is 12.1 Å². The Morgan fingerprint density at radius 3 is 2.67 bits per heavy atom. The van der Waals surface area contributed by atoms with Crippen LogP contribution in [0.4, 0.5) is 13.2 Å². The van der Waals surface area contributed by atoms with Gasteiger partial charge in [0.15, 0.2) is 0 Å². The fourth-order valence-electron chi connectivity index (χ4n) is 1.89. The molecule has 1 N–H and O–H groups in total. The summed E-state index contributed by atoms with van der Waals surface area (Å²) in [5, 5.41) is 3.21. The number of halogens is 3. The van der Waals surface area contributed by atoms with Gasteiger partial charge >= 0.3 is 6.36 Å². The molecule has 0 fully saturated rings. The topological polar surface area (TPSA) is 34.4 Å². The van der Waals surface area contributed by atoms with Crippen molar-refractivity contribution >= 4 is 0 Å². The van der Waals surface area contributed by atoms with E-state index in [4.69, 9.17) is 4.42 Å². The number of hydrogen-bond donors (Lipinski definition) is 1. The molecule has 0 spiro atoms. The van der Waals surface area contributed by atoms with Crippen LogP contribution in [0.15, 0.2) is 41.0 Å². The van der Waals surface area contributed by atoms with Crippen LogP contribution in [0, 0.1) is 0 Å². The quantitative estimate of drug-likeness (QED) is 0.891. The fraction of sp³-hybridized carbons (Fsp3) is 0.333. The number of alkyl halides is 3. The first-order valence-corrected chi connectivity index (χ1v) is 6.51. The summed E-state index contributed by atoms with van der Waals surface area (Å²) in [6.45, 7) is 4.51. The minimum atomic E-state index is -4.70. The summed E-state index contributed by atoms with van der Waals surface area (Å²) in [6.07, 6.45) is -3.18. The molecule has 2 rings (SSSR count). The molecule has 1 aromatic carbocycles. The maximum atomic E-state index is 12.3. The highest BCUT2D eigenvalue weighted by molar-refractivity contribution is 5.66. The number of nitrogens with one attached hydrogen (secondary N) is 1. The molecular weight excluding hydrogens is 283 g/mol. The molecule has 0 unspecified atom stereocenters. The molecule has 1 heterocycles. The van der Waals surface area contributed by atoms with Crippen molar-refractivity contribution < 1.29 is 22.3 Å². The largest absolute Gasteiger partial charge is 0.573 e. The first-order valence-electron chi connectivity index (χ1n) is 6.51. The van der Waals surface area contributed by atoms with E-state index in [9.17, 15) is 13.2 Å². The lowest BCUT2D eigenvalue weighted by Gasteiger charge is -2.11. The van der Waals surface area contributed by atoms with Gasteiger partial charge in [-0.3, -0.25) is 0 Å². The molecule has 114 valence electrons. The zero-order valence-corrected chi connectivity index (χ0v) is 11.7. The first-order chi connectivity index (χ1) is 9.85. The fourth-order valence-corrected chi connectivity index (χ4v) is 1.89. The van der Waals surface area contributed by atoms with Gasteiger partial charge in [-0.15, -0.1) is 13.2 Å². The van der Waals surface area contributed by atoms with E-state index in [0.29, 0.717) is 17.9 Å². The standard InChI is InChI=1S/C15H16F3NO2/c1-10(2)19-9-14-13(6-7-20-14)11-4-3-5-12(8-11)21-15(16,17)18/h3-8,10,19H,9H2,1-2H3. The van der Waals surface area contributed by atoms with Crippen molar-refractivity contribution in [2.75, 3.05) is 0 Å². The molecule has 0 aliphatic rings. The van der Waals surface area contributed by atoms with Gasteiger partial charge < -0.3 is 14.5 Å². The van der Waals surface area contributed by atoms with Gasteiger partial charge in [0.2, 0.25) is 0 Å². The summed E-state index contributed by atoms with van der Waals surface area (Å²) in [5.41, 5.74) is 1.36. The van der Waals surface area contributed by atoms with Gasteiger partial charge in [-0.2, -0.15) is 0 Å². The molecule has 0 amide bonds. The zero-order valence-electron chi connectivity index (χ0n) is 11.7. The molecule has 0 aliphatic heterocycles. The van der Waals surface area contributed by atoms with E-state index in [0.717, 1.165) is 5.56 Å². The third-order valence-corrected chi connectivity index (χ3v) is 2.79. The monoisotopic (exact) mass is 299 g/mol. The molecule has 21 heavy (non-hydrogen) atoms. The number of furan rings is 1. The molecule has 0 saturated carbocycles. The Hall–Kier alpha value is -1.95. The van der Waals surface area contributed by atoms with Gasteiger partial charge in [0.25, 0.3) is 0 Å². The molecule has 6 heteroatoms. The Kier molecular flexibility index (Phi) is 4.57. The minimum absolute atomic E-state index is 0.246. The van der Waals surface area contributed by atoms with Crippen molar-refractivity contribution in [1.29, 1.82) is 0 Å². The van der Waals surface area contributed by atoms with Crippen molar-refractivity contribution in [2.45, 2.75) is 32.8 Å². The second-order valence-corrected chi connectivity index (χ2v) is 4.87. The minimum Gasteiger partial charge on any atom is -0.467 e. The Balaban J connectivity index is 2.22. The van der Waals surface area contributed by atoms with E-state index in [1.165, 1.54) is 24.5 Å². The zero-order chi connectivity index (χ0) is 15.5. The molecule has 1 aromatic heterocycles. The summed E-state index contributed by atoms with van der Waals surface area (Å²) in [7, 11) is 0. The van der Waals surface area contributed by atoms with E-state index < -0.39 is 6.36 Å². The van der Waals surface area contributed by atoms with Crippen LogP contribution in [0.2, 0.25) is 0 Å². The van der Waals surface area contributed by atoms with Crippen LogP contribution in [0.3, 0.4) is 0 Å². The van der Waals surface area contributed by atoms with Crippen LogP contribution in [0.5, 0.6) is 5.75 Å². The lowest BCUT2D eigenvalue weighted by Crippen LogP contribution is -2.21. The highest BCUT2D eigenvalue weighted by Gasteiger charge is 2.31. The van der Waals surface area contributed by atoms with Crippen LogP contribution in [0.1, 0.15) is 19.6 Å². The van der Waals surface area contributed by atoms with Gasteiger partial charge in [0.05, 0.1) is 12.8 Å². The normalized spacial score (nSPS) is 11.9. The lowest BCUT2D eigenvalue weighted by atomic mass is 10.1. The number of ether oxygens (including phenoxy) is 1. The van der Waals surface area contributed by atoms with Gasteiger partial charge in [0.1, 0.15) is 11.5 Å². The van der Waals surface area contributed by atoms with E-state index >= 15 is 0 Å². The Bertz CT molecular complexity index is 591. The number of benzene rings is 1. The van der Waals surface area contributed by atoms with Crippen LogP contribution in [-0.2, 0) is 6.54 Å². The summed E-state index contributed by atoms with van der Waals surface area (Å²) in [6, 6.07) is 7.85. The smallest absolute Gasteiger partial charge is 0.467 e. The summed E-state index contributed by atoms with van der Waals surface area (Å²) >= 11 is 0. The highest BCUT2D eigenvalue weighted by Crippen LogP contribution is 2.30. The number of hydrogen-bond acceptors (Lipinski definition) is 3. The second kappa shape index (κ2) is 6.22. The lowest BCUT2D eigenvalue weighted by molar-refractivity contribution is -0.274. The van der Waals surface area contributed by atoms with Crippen molar-refractivity contribution in [2.24, 2.45) is 0 Å². The van der Waals surface area contributed by atoms with Crippen molar-refractivity contribution in [3.63, 3.8) is 0 Å². The number of rotatable bonds is 5. The maximum absolute atomic E-state index is 12.3. The van der Waals surface area contributed by atoms with Crippen LogP contribution >= 0.6 is 0 Å². The van der Waals surface area contributed by atoms with Crippen molar-refractivity contribution in [3.8, 4) is 16.9 Å². The third kappa shape index (κ3) is 4.53. The van der Waals surface area contributed by atoms with Gasteiger partial charge in [-0.25, -0.2) is 0 Å². The molecule has 2 aromatic rings. The molecule has 0 aliphatic carbocycles. The SMILES string of the molecule is CC(C)NCc1occc1-c1cccc(OC(F)(F)F)c1. The van der Waals surface area contributed by atoms with E-state index in [2.05, 4.69) is 10.1 Å². The predicted molar refractivity (Wildman–Crippen MR) is 72.8 cm³/mol. The molecule has 0 radical (unpaired) electrons. The van der Waals surface area contributed by atoms with Gasteiger partial charge in [0, 0.05) is 11.6 Å². The van der Waals surface area contributed by atoms with E-state index in [-0.39, 0.29) is 11.8 Å². The average molecular weight is 299 g/mol. The van der Waals surface area contributed by atoms with Gasteiger partial charge in [-0.1, -0.05) is 26.0 Å². The Morgan fingerprint density at radius 2 is 2.00 bits per heavy atom. The molecule has 0 bridgehead atoms. The molecule has 0 saturated heterocycles. The summed E-state index contributed by atoms with van der Waals surface area (Å²) < 4.78 is 46.1. The van der Waals surface area contributed by atoms with E-state index in [1.807, 2.05) is 13.8 Å². The Labute approximate surface area is 120 Å². The summed E-state index contributed by atoms with van der Waals surface area (Å²) in [4.78, 5) is 0. The maximum Gasteiger partial charge on any atom is 0.573 e. The Morgan fingerprint density at radius 1 is 1.24 bits per heavy atom. The third-order valence-electron chi connectivity index (χ3n) is 2.79. The molecular formula is C15H16F3NO2. The van der Waals surface area contributed by atoms with Crippen LogP contribution in [-0.4, -0.2) is 12.4 Å². The molecule has 0 atom stereocenters. The second-order valence-electron chi connectivity index (χ2n) is 4.87.